The first-order valence-electron chi connectivity index (χ1n) is 13.1. The predicted molar refractivity (Wildman–Crippen MR) is 156 cm³/mol. The zero-order valence-corrected chi connectivity index (χ0v) is 24.8. The highest BCUT2D eigenvalue weighted by molar-refractivity contribution is 7.90. The average Bonchev–Trinajstić information content (AvgIpc) is 3.57. The second-order valence-electron chi connectivity index (χ2n) is 11.0. The van der Waals surface area contributed by atoms with E-state index in [1.807, 2.05) is 27.7 Å². The minimum atomic E-state index is -3.94. The smallest absolute Gasteiger partial charge is 0.410 e. The molecule has 1 aliphatic rings. The van der Waals surface area contributed by atoms with Crippen LogP contribution in [0.3, 0.4) is 0 Å². The topological polar surface area (TPSA) is 144 Å². The average molecular weight is 598 g/mol. The Bertz CT molecular complexity index is 1720. The highest BCUT2D eigenvalue weighted by Crippen LogP contribution is 2.38. The van der Waals surface area contributed by atoms with E-state index in [9.17, 15) is 23.1 Å². The van der Waals surface area contributed by atoms with Crippen LogP contribution in [0.5, 0.6) is 0 Å². The number of piperidine rings is 1. The number of aromatic nitrogens is 3. The first-order chi connectivity index (χ1) is 19.3. The molecule has 5 rings (SSSR count). The fourth-order valence-electron chi connectivity index (χ4n) is 4.69. The third-order valence-electron chi connectivity index (χ3n) is 6.63. The number of thiazole rings is 1. The number of rotatable bonds is 6. The fraction of sp³-hybridized carbons (Fsp3) is 0.357. The van der Waals surface area contributed by atoms with Crippen molar-refractivity contribution < 1.29 is 27.9 Å². The Hall–Kier alpha value is -3.97. The van der Waals surface area contributed by atoms with Gasteiger partial charge in [-0.05, 0) is 58.7 Å². The van der Waals surface area contributed by atoms with Gasteiger partial charge in [-0.25, -0.2) is 31.9 Å². The van der Waals surface area contributed by atoms with E-state index < -0.39 is 27.7 Å². The molecule has 0 radical (unpaired) electrons. The zero-order valence-electron chi connectivity index (χ0n) is 23.1. The lowest BCUT2D eigenvalue weighted by Crippen LogP contribution is -2.47. The molecule has 2 N–H and O–H groups in total. The molecular formula is C28H31N5O6S2. The number of carbonyl (C=O) groups excluding carboxylic acids is 1. The molecule has 41 heavy (non-hydrogen) atoms. The van der Waals surface area contributed by atoms with Crippen LogP contribution in [0.25, 0.3) is 21.6 Å². The van der Waals surface area contributed by atoms with Crippen molar-refractivity contribution in [1.29, 1.82) is 0 Å². The minimum Gasteiger partial charge on any atom is -0.477 e. The Morgan fingerprint density at radius 1 is 1.12 bits per heavy atom. The summed E-state index contributed by atoms with van der Waals surface area (Å²) in [6.45, 7) is 8.27. The van der Waals surface area contributed by atoms with Gasteiger partial charge >= 0.3 is 12.1 Å². The first-order valence-corrected chi connectivity index (χ1v) is 15.4. The lowest BCUT2D eigenvalue weighted by atomic mass is 10.0. The number of nitrogens with one attached hydrogen (secondary N) is 1. The number of hydrogen-bond donors (Lipinski definition) is 2. The molecule has 1 saturated heterocycles. The summed E-state index contributed by atoms with van der Waals surface area (Å²) in [7, 11) is -3.94. The molecule has 4 heterocycles. The van der Waals surface area contributed by atoms with Gasteiger partial charge in [0.05, 0.1) is 22.3 Å². The van der Waals surface area contributed by atoms with Gasteiger partial charge in [-0.3, -0.25) is 0 Å². The number of fused-ring (bicyclic) bond motifs is 1. The highest BCUT2D eigenvalue weighted by atomic mass is 32.2. The number of amides is 1. The molecule has 0 spiro atoms. The Kier molecular flexibility index (Phi) is 7.51. The molecule has 0 saturated carbocycles. The predicted octanol–water partition coefficient (Wildman–Crippen LogP) is 5.21. The fourth-order valence-corrected chi connectivity index (χ4v) is 6.76. The van der Waals surface area contributed by atoms with Crippen LogP contribution in [0.1, 0.15) is 48.8 Å². The van der Waals surface area contributed by atoms with Gasteiger partial charge in [0.2, 0.25) is 0 Å². The van der Waals surface area contributed by atoms with Gasteiger partial charge in [0.15, 0.2) is 5.65 Å². The quantitative estimate of drug-likeness (QED) is 0.306. The summed E-state index contributed by atoms with van der Waals surface area (Å²) >= 11 is 1.00. The van der Waals surface area contributed by atoms with Crippen LogP contribution in [0.2, 0.25) is 0 Å². The van der Waals surface area contributed by atoms with Crippen LogP contribution in [-0.2, 0) is 14.8 Å². The zero-order chi connectivity index (χ0) is 29.5. The number of pyridine rings is 1. The molecule has 4 aromatic rings. The normalized spacial score (nSPS) is 16.1. The summed E-state index contributed by atoms with van der Waals surface area (Å²) in [5.41, 5.74) is 1.63. The molecular weight excluding hydrogens is 566 g/mol. The van der Waals surface area contributed by atoms with Gasteiger partial charge < -0.3 is 20.1 Å². The molecule has 1 fully saturated rings. The largest absolute Gasteiger partial charge is 0.477 e. The number of likely N-dealkylation sites (tertiary alicyclic amines) is 1. The van der Waals surface area contributed by atoms with E-state index in [0.717, 1.165) is 33.7 Å². The SMILES string of the molecule is Cc1ccc(S(=O)(=O)n2ccc3c(N[C@@H]4CCCN(C(=O)OC(C)(C)C)C4)c(-c4ncc(C(=O)O)s4)cnc32)cc1. The number of carboxylic acid groups (broad SMARTS) is 1. The second-order valence-corrected chi connectivity index (χ2v) is 13.8. The van der Waals surface area contributed by atoms with Crippen molar-refractivity contribution in [2.24, 2.45) is 0 Å². The molecule has 1 atom stereocenters. The van der Waals surface area contributed by atoms with E-state index in [1.165, 1.54) is 18.6 Å². The highest BCUT2D eigenvalue weighted by Gasteiger charge is 2.30. The van der Waals surface area contributed by atoms with E-state index in [4.69, 9.17) is 4.74 Å². The van der Waals surface area contributed by atoms with Crippen molar-refractivity contribution >= 4 is 50.1 Å². The van der Waals surface area contributed by atoms with Crippen LogP contribution >= 0.6 is 11.3 Å². The third kappa shape index (κ3) is 5.91. The van der Waals surface area contributed by atoms with E-state index in [0.29, 0.717) is 34.7 Å². The monoisotopic (exact) mass is 597 g/mol. The van der Waals surface area contributed by atoms with E-state index >= 15 is 0 Å². The number of benzene rings is 1. The maximum Gasteiger partial charge on any atom is 0.410 e. The van der Waals surface area contributed by atoms with Crippen molar-refractivity contribution in [3.05, 3.63) is 59.4 Å². The molecule has 216 valence electrons. The molecule has 0 unspecified atom stereocenters. The number of carbonyl (C=O) groups is 2. The van der Waals surface area contributed by atoms with Gasteiger partial charge in [-0.15, -0.1) is 11.3 Å². The number of aryl methyl sites for hydroxylation is 1. The molecule has 1 aliphatic heterocycles. The number of hydrogen-bond acceptors (Lipinski definition) is 9. The van der Waals surface area contributed by atoms with E-state index in [2.05, 4.69) is 15.3 Å². The third-order valence-corrected chi connectivity index (χ3v) is 9.33. The van der Waals surface area contributed by atoms with Crippen molar-refractivity contribution in [2.75, 3.05) is 18.4 Å². The molecule has 0 bridgehead atoms. The van der Waals surface area contributed by atoms with Crippen molar-refractivity contribution in [3.63, 3.8) is 0 Å². The molecule has 11 nitrogen and oxygen atoms in total. The standard InChI is InChI=1S/C28H31N5O6S2/c1-17-7-9-19(10-8-17)41(37,38)33-13-11-20-23(21(14-29-24(20)33)25-30-15-22(40-25)26(34)35)31-18-6-5-12-32(16-18)27(36)39-28(2,3)4/h7-11,13-15,18H,5-6,12,16H2,1-4H3,(H,29,31)(H,34,35)/t18-/m1/s1. The molecule has 3 aromatic heterocycles. The van der Waals surface area contributed by atoms with Crippen molar-refractivity contribution in [2.45, 2.75) is 57.1 Å². The van der Waals surface area contributed by atoms with E-state index in [-0.39, 0.29) is 21.5 Å². The summed E-state index contributed by atoms with van der Waals surface area (Å²) in [6.07, 6.45) is 5.34. The number of ether oxygens (including phenoxy) is 1. The Balaban J connectivity index is 1.56. The number of anilines is 1. The Labute approximate surface area is 241 Å². The second kappa shape index (κ2) is 10.8. The number of carboxylic acids is 1. The summed E-state index contributed by atoms with van der Waals surface area (Å²) in [6, 6.07) is 8.07. The van der Waals surface area contributed by atoms with Gasteiger partial charge in [-0.2, -0.15) is 0 Å². The molecule has 1 amide bonds. The maximum atomic E-state index is 13.6. The Morgan fingerprint density at radius 3 is 2.51 bits per heavy atom. The first kappa shape index (κ1) is 28.6. The maximum absolute atomic E-state index is 13.6. The van der Waals surface area contributed by atoms with Crippen molar-refractivity contribution in [3.8, 4) is 10.6 Å². The lowest BCUT2D eigenvalue weighted by Gasteiger charge is -2.35. The summed E-state index contributed by atoms with van der Waals surface area (Å²) in [5, 5.41) is 13.9. The van der Waals surface area contributed by atoms with Crippen LogP contribution in [0.15, 0.2) is 53.8 Å². The number of aromatic carboxylic acids is 1. The van der Waals surface area contributed by atoms with Gasteiger partial charge in [0.25, 0.3) is 10.0 Å². The van der Waals surface area contributed by atoms with Crippen LogP contribution in [0, 0.1) is 6.92 Å². The Morgan fingerprint density at radius 2 is 1.85 bits per heavy atom. The van der Waals surface area contributed by atoms with Gasteiger partial charge in [-0.1, -0.05) is 17.7 Å². The van der Waals surface area contributed by atoms with Crippen LogP contribution in [-0.4, -0.2) is 69.2 Å². The van der Waals surface area contributed by atoms with Gasteiger partial charge in [0, 0.05) is 36.9 Å². The van der Waals surface area contributed by atoms with Crippen LogP contribution in [0.4, 0.5) is 10.5 Å². The molecule has 0 aliphatic carbocycles. The van der Waals surface area contributed by atoms with E-state index in [1.54, 1.807) is 35.2 Å². The van der Waals surface area contributed by atoms with Gasteiger partial charge in [0.1, 0.15) is 15.5 Å². The van der Waals surface area contributed by atoms with Crippen LogP contribution < -0.4 is 5.32 Å². The summed E-state index contributed by atoms with van der Waals surface area (Å²) < 4.78 is 33.8. The van der Waals surface area contributed by atoms with Crippen molar-refractivity contribution in [1.82, 2.24) is 18.8 Å². The molecule has 1 aromatic carbocycles. The minimum absolute atomic E-state index is 0.0688. The summed E-state index contributed by atoms with van der Waals surface area (Å²) in [5.74, 6) is -1.09. The lowest BCUT2D eigenvalue weighted by molar-refractivity contribution is 0.0206. The molecule has 13 heteroatoms. The number of nitrogens with zero attached hydrogens (tertiary/aromatic N) is 4. The summed E-state index contributed by atoms with van der Waals surface area (Å²) in [4.78, 5) is 35.0.